The van der Waals surface area contributed by atoms with Crippen molar-refractivity contribution in [1.82, 2.24) is 4.98 Å². The van der Waals surface area contributed by atoms with Gasteiger partial charge in [0.05, 0.1) is 4.90 Å². The molecule has 0 saturated heterocycles. The van der Waals surface area contributed by atoms with Gasteiger partial charge in [-0.15, -0.1) is 0 Å². The van der Waals surface area contributed by atoms with Crippen molar-refractivity contribution in [2.45, 2.75) is 25.3 Å². The van der Waals surface area contributed by atoms with E-state index in [4.69, 9.17) is 10.9 Å². The van der Waals surface area contributed by atoms with E-state index in [2.05, 4.69) is 10.3 Å². The molecule has 0 bridgehead atoms. The Kier molecular flexibility index (Phi) is 4.15. The molecule has 0 amide bonds. The van der Waals surface area contributed by atoms with Gasteiger partial charge in [0.15, 0.2) is 0 Å². The van der Waals surface area contributed by atoms with E-state index in [0.29, 0.717) is 23.5 Å². The van der Waals surface area contributed by atoms with Gasteiger partial charge in [0.2, 0.25) is 10.0 Å². The quantitative estimate of drug-likeness (QED) is 0.742. The monoisotopic (exact) mass is 306 g/mol. The topological polar surface area (TPSA) is 111 Å². The summed E-state index contributed by atoms with van der Waals surface area (Å²) in [6.45, 7) is 4.20. The molecule has 0 aliphatic rings. The van der Waals surface area contributed by atoms with Crippen molar-refractivity contribution >= 4 is 21.4 Å². The first-order chi connectivity index (χ1) is 9.79. The number of sulfonamides is 1. The number of primary sulfonamides is 1. The van der Waals surface area contributed by atoms with Gasteiger partial charge in [-0.05, 0) is 48.7 Å². The molecule has 2 rings (SSSR count). The van der Waals surface area contributed by atoms with Gasteiger partial charge >= 0.3 is 0 Å². The SMILES string of the molecule is Cc1cnccc1CNc1cc(N)cc(S(N)(=O)=O)c1C. The van der Waals surface area contributed by atoms with E-state index in [-0.39, 0.29) is 4.90 Å². The Morgan fingerprint density at radius 2 is 2.00 bits per heavy atom. The maximum absolute atomic E-state index is 11.6. The van der Waals surface area contributed by atoms with Crippen LogP contribution in [-0.4, -0.2) is 13.4 Å². The molecule has 112 valence electrons. The highest BCUT2D eigenvalue weighted by molar-refractivity contribution is 7.89. The maximum atomic E-state index is 11.6. The van der Waals surface area contributed by atoms with Crippen molar-refractivity contribution < 1.29 is 8.42 Å². The van der Waals surface area contributed by atoms with Crippen molar-refractivity contribution in [3.8, 4) is 0 Å². The average Bonchev–Trinajstić information content (AvgIpc) is 2.39. The molecule has 21 heavy (non-hydrogen) atoms. The minimum absolute atomic E-state index is 0.0384. The molecular formula is C14H18N4O2S. The Bertz CT molecular complexity index is 773. The van der Waals surface area contributed by atoms with E-state index >= 15 is 0 Å². The molecule has 2 aromatic rings. The summed E-state index contributed by atoms with van der Waals surface area (Å²) in [6, 6.07) is 4.97. The molecule has 0 spiro atoms. The fourth-order valence-electron chi connectivity index (χ4n) is 2.08. The van der Waals surface area contributed by atoms with Crippen molar-refractivity contribution in [3.05, 3.63) is 47.3 Å². The second-order valence-electron chi connectivity index (χ2n) is 4.89. The lowest BCUT2D eigenvalue weighted by atomic mass is 10.1. The van der Waals surface area contributed by atoms with Gasteiger partial charge in [-0.25, -0.2) is 13.6 Å². The minimum Gasteiger partial charge on any atom is -0.399 e. The Labute approximate surface area is 124 Å². The second kappa shape index (κ2) is 5.71. The van der Waals surface area contributed by atoms with Gasteiger partial charge in [-0.1, -0.05) is 0 Å². The summed E-state index contributed by atoms with van der Waals surface area (Å²) >= 11 is 0. The number of nitrogen functional groups attached to an aromatic ring is 1. The van der Waals surface area contributed by atoms with Gasteiger partial charge in [0.25, 0.3) is 0 Å². The summed E-state index contributed by atoms with van der Waals surface area (Å²) in [6.07, 6.45) is 3.49. The molecule has 0 fully saturated rings. The summed E-state index contributed by atoms with van der Waals surface area (Å²) < 4.78 is 23.1. The Morgan fingerprint density at radius 3 is 2.62 bits per heavy atom. The molecule has 1 aromatic carbocycles. The number of pyridine rings is 1. The smallest absolute Gasteiger partial charge is 0.238 e. The zero-order chi connectivity index (χ0) is 15.6. The Balaban J connectivity index is 2.33. The van der Waals surface area contributed by atoms with Crippen LogP contribution in [0.2, 0.25) is 0 Å². The number of nitrogens with zero attached hydrogens (tertiary/aromatic N) is 1. The van der Waals surface area contributed by atoms with Crippen LogP contribution < -0.4 is 16.2 Å². The van der Waals surface area contributed by atoms with Crippen LogP contribution in [0.4, 0.5) is 11.4 Å². The number of hydrogen-bond donors (Lipinski definition) is 3. The number of benzene rings is 1. The number of aryl methyl sites for hydroxylation is 1. The normalized spacial score (nSPS) is 11.4. The molecule has 0 atom stereocenters. The van der Waals surface area contributed by atoms with E-state index in [0.717, 1.165) is 11.1 Å². The van der Waals surface area contributed by atoms with Crippen molar-refractivity contribution in [2.75, 3.05) is 11.1 Å². The van der Waals surface area contributed by atoms with Crippen LogP contribution in [0, 0.1) is 13.8 Å². The van der Waals surface area contributed by atoms with E-state index in [1.165, 1.54) is 6.07 Å². The predicted molar refractivity (Wildman–Crippen MR) is 83.3 cm³/mol. The van der Waals surface area contributed by atoms with Crippen molar-refractivity contribution in [1.29, 1.82) is 0 Å². The average molecular weight is 306 g/mol. The first kappa shape index (κ1) is 15.3. The zero-order valence-corrected chi connectivity index (χ0v) is 12.7. The number of rotatable bonds is 4. The van der Waals surface area contributed by atoms with E-state index in [1.807, 2.05) is 13.0 Å². The third-order valence-corrected chi connectivity index (χ3v) is 4.33. The van der Waals surface area contributed by atoms with Gasteiger partial charge < -0.3 is 11.1 Å². The lowest BCUT2D eigenvalue weighted by Gasteiger charge is -2.14. The molecule has 1 aromatic heterocycles. The molecule has 0 aliphatic carbocycles. The molecular weight excluding hydrogens is 288 g/mol. The molecule has 0 saturated carbocycles. The highest BCUT2D eigenvalue weighted by Gasteiger charge is 2.15. The molecule has 6 nitrogen and oxygen atoms in total. The molecule has 0 unspecified atom stereocenters. The molecule has 7 heteroatoms. The first-order valence-electron chi connectivity index (χ1n) is 6.35. The third-order valence-electron chi connectivity index (χ3n) is 3.29. The number of nitrogens with two attached hydrogens (primary N) is 2. The van der Waals surface area contributed by atoms with Crippen LogP contribution in [0.5, 0.6) is 0 Å². The zero-order valence-electron chi connectivity index (χ0n) is 11.9. The standard InChI is InChI=1S/C14H18N4O2S/c1-9-7-17-4-3-11(9)8-18-13-5-12(15)6-14(10(13)2)21(16,19)20/h3-7,18H,8,15H2,1-2H3,(H2,16,19,20). The van der Waals surface area contributed by atoms with Crippen LogP contribution in [0.25, 0.3) is 0 Å². The largest absolute Gasteiger partial charge is 0.399 e. The van der Waals surface area contributed by atoms with Crippen LogP contribution in [0.3, 0.4) is 0 Å². The van der Waals surface area contributed by atoms with Crippen LogP contribution in [0.15, 0.2) is 35.5 Å². The van der Waals surface area contributed by atoms with E-state index in [9.17, 15) is 8.42 Å². The van der Waals surface area contributed by atoms with Gasteiger partial charge in [0.1, 0.15) is 0 Å². The molecule has 0 aliphatic heterocycles. The van der Waals surface area contributed by atoms with Crippen LogP contribution >= 0.6 is 0 Å². The Morgan fingerprint density at radius 1 is 1.29 bits per heavy atom. The summed E-state index contributed by atoms with van der Waals surface area (Å²) in [5.74, 6) is 0. The minimum atomic E-state index is -3.80. The van der Waals surface area contributed by atoms with E-state index in [1.54, 1.807) is 25.4 Å². The van der Waals surface area contributed by atoms with Crippen LogP contribution in [0.1, 0.15) is 16.7 Å². The fourth-order valence-corrected chi connectivity index (χ4v) is 2.92. The summed E-state index contributed by atoms with van der Waals surface area (Å²) in [5.41, 5.74) is 9.43. The third kappa shape index (κ3) is 3.50. The van der Waals surface area contributed by atoms with Gasteiger partial charge in [0, 0.05) is 30.3 Å². The number of aromatic nitrogens is 1. The second-order valence-corrected chi connectivity index (χ2v) is 6.42. The molecule has 0 radical (unpaired) electrons. The fraction of sp³-hybridized carbons (Fsp3) is 0.214. The van der Waals surface area contributed by atoms with Gasteiger partial charge in [-0.2, -0.15) is 0 Å². The summed E-state index contributed by atoms with van der Waals surface area (Å²) in [5, 5.41) is 8.40. The number of nitrogens with one attached hydrogen (secondary N) is 1. The number of anilines is 2. The van der Waals surface area contributed by atoms with Gasteiger partial charge in [-0.3, -0.25) is 4.98 Å². The Hall–Kier alpha value is -2.12. The van der Waals surface area contributed by atoms with Crippen LogP contribution in [-0.2, 0) is 16.6 Å². The highest BCUT2D eigenvalue weighted by atomic mass is 32.2. The van der Waals surface area contributed by atoms with E-state index < -0.39 is 10.0 Å². The summed E-state index contributed by atoms with van der Waals surface area (Å²) in [4.78, 5) is 4.07. The predicted octanol–water partition coefficient (Wildman–Crippen LogP) is 1.54. The van der Waals surface area contributed by atoms with Crippen molar-refractivity contribution in [3.63, 3.8) is 0 Å². The lowest BCUT2D eigenvalue weighted by Crippen LogP contribution is -2.15. The summed E-state index contributed by atoms with van der Waals surface area (Å²) in [7, 11) is -3.80. The number of hydrogen-bond acceptors (Lipinski definition) is 5. The highest BCUT2D eigenvalue weighted by Crippen LogP contribution is 2.26. The molecule has 5 N–H and O–H groups in total. The lowest BCUT2D eigenvalue weighted by molar-refractivity contribution is 0.597. The maximum Gasteiger partial charge on any atom is 0.238 e. The van der Waals surface area contributed by atoms with Crippen molar-refractivity contribution in [2.24, 2.45) is 5.14 Å². The molecule has 1 heterocycles. The first-order valence-corrected chi connectivity index (χ1v) is 7.90.